The summed E-state index contributed by atoms with van der Waals surface area (Å²) in [5, 5.41) is 2.69. The van der Waals surface area contributed by atoms with Crippen LogP contribution < -0.4 is 5.32 Å². The molecule has 1 N–H and O–H groups in total. The number of hydrogen-bond donors (Lipinski definition) is 1. The van der Waals surface area contributed by atoms with Crippen molar-refractivity contribution in [2.24, 2.45) is 5.92 Å². The quantitative estimate of drug-likeness (QED) is 0.579. The third-order valence-electron chi connectivity index (χ3n) is 7.25. The van der Waals surface area contributed by atoms with Gasteiger partial charge >= 0.3 is 6.18 Å². The highest BCUT2D eigenvalue weighted by Gasteiger charge is 2.54. The lowest BCUT2D eigenvalue weighted by Crippen LogP contribution is -2.59. The number of ether oxygens (including phenoxy) is 1. The summed E-state index contributed by atoms with van der Waals surface area (Å²) in [5.74, 6) is -0.605. The van der Waals surface area contributed by atoms with Crippen LogP contribution in [0.25, 0.3) is 0 Å². The number of nitrogens with one attached hydrogen (secondary N) is 1. The van der Waals surface area contributed by atoms with E-state index in [0.717, 1.165) is 17.7 Å². The Labute approximate surface area is 226 Å². The normalized spacial score (nSPS) is 19.0. The molecule has 0 aliphatic carbocycles. The van der Waals surface area contributed by atoms with Crippen molar-refractivity contribution in [1.29, 1.82) is 0 Å². The number of benzene rings is 2. The van der Waals surface area contributed by atoms with E-state index in [2.05, 4.69) is 5.32 Å². The predicted octanol–water partition coefficient (Wildman–Crippen LogP) is 4.54. The van der Waals surface area contributed by atoms with Crippen LogP contribution >= 0.6 is 0 Å². The maximum Gasteiger partial charge on any atom is 0.416 e. The van der Waals surface area contributed by atoms with Gasteiger partial charge in [-0.25, -0.2) is 0 Å². The highest BCUT2D eigenvalue weighted by Crippen LogP contribution is 2.39. The number of rotatable bonds is 6. The number of nitrogens with zero attached hydrogens (tertiary/aromatic N) is 2. The van der Waals surface area contributed by atoms with Gasteiger partial charge in [0.15, 0.2) is 0 Å². The van der Waals surface area contributed by atoms with E-state index >= 15 is 0 Å². The fraction of sp³-hybridized carbons (Fsp3) is 0.483. The zero-order valence-electron chi connectivity index (χ0n) is 22.4. The molecule has 2 aliphatic heterocycles. The third-order valence-corrected chi connectivity index (χ3v) is 7.25. The summed E-state index contributed by atoms with van der Waals surface area (Å²) in [6.07, 6.45) is -3.36. The van der Waals surface area contributed by atoms with E-state index in [1.165, 1.54) is 17.0 Å². The van der Waals surface area contributed by atoms with Crippen LogP contribution in [0.3, 0.4) is 0 Å². The van der Waals surface area contributed by atoms with Gasteiger partial charge in [0.2, 0.25) is 11.8 Å². The van der Waals surface area contributed by atoms with E-state index in [0.29, 0.717) is 43.5 Å². The van der Waals surface area contributed by atoms with Gasteiger partial charge in [-0.15, -0.1) is 0 Å². The van der Waals surface area contributed by atoms with Crippen molar-refractivity contribution in [3.05, 3.63) is 70.8 Å². The first kappa shape index (κ1) is 28.6. The molecule has 1 atom stereocenters. The molecule has 2 heterocycles. The molecule has 0 bridgehead atoms. The number of halogens is 3. The monoisotopic (exact) mass is 545 g/mol. The Morgan fingerprint density at radius 1 is 1.08 bits per heavy atom. The molecule has 2 aliphatic rings. The van der Waals surface area contributed by atoms with Crippen LogP contribution in [0.15, 0.2) is 48.5 Å². The SMILES string of the molecule is Cc1cccc(C(=O)N2[C@@H](C(=O)NCc3cccc(C(F)(F)F)c3)COC23CCN(C(=O)CC(C)C)CC3)c1. The number of amides is 3. The molecule has 2 saturated heterocycles. The largest absolute Gasteiger partial charge is 0.416 e. The second-order valence-corrected chi connectivity index (χ2v) is 10.7. The van der Waals surface area contributed by atoms with Crippen molar-refractivity contribution in [1.82, 2.24) is 15.1 Å². The molecule has 0 aromatic heterocycles. The van der Waals surface area contributed by atoms with Gasteiger partial charge in [0, 0.05) is 44.5 Å². The summed E-state index contributed by atoms with van der Waals surface area (Å²) in [7, 11) is 0. The average molecular weight is 546 g/mol. The minimum Gasteiger partial charge on any atom is -0.353 e. The summed E-state index contributed by atoms with van der Waals surface area (Å²) in [6, 6.07) is 10.8. The van der Waals surface area contributed by atoms with Gasteiger partial charge in [-0.1, -0.05) is 43.7 Å². The van der Waals surface area contributed by atoms with E-state index < -0.39 is 29.4 Å². The van der Waals surface area contributed by atoms with Gasteiger partial charge in [0.1, 0.15) is 11.8 Å². The molecule has 4 rings (SSSR count). The van der Waals surface area contributed by atoms with Gasteiger partial charge in [0.25, 0.3) is 5.91 Å². The Balaban J connectivity index is 1.54. The summed E-state index contributed by atoms with van der Waals surface area (Å²) >= 11 is 0. The highest BCUT2D eigenvalue weighted by molar-refractivity contribution is 5.98. The molecule has 7 nitrogen and oxygen atoms in total. The van der Waals surface area contributed by atoms with Crippen LogP contribution in [0.4, 0.5) is 13.2 Å². The van der Waals surface area contributed by atoms with Crippen molar-refractivity contribution in [3.63, 3.8) is 0 Å². The number of aryl methyl sites for hydroxylation is 1. The number of carbonyl (C=O) groups excluding carboxylic acids is 3. The van der Waals surface area contributed by atoms with E-state index in [1.807, 2.05) is 26.8 Å². The lowest BCUT2D eigenvalue weighted by molar-refractivity contribution is -0.144. The molecule has 2 aromatic carbocycles. The molecular formula is C29H34F3N3O4. The Kier molecular flexibility index (Phi) is 8.34. The lowest BCUT2D eigenvalue weighted by atomic mass is 9.95. The summed E-state index contributed by atoms with van der Waals surface area (Å²) < 4.78 is 45.5. The fourth-order valence-electron chi connectivity index (χ4n) is 5.23. The molecule has 0 unspecified atom stereocenters. The smallest absolute Gasteiger partial charge is 0.353 e. The molecule has 210 valence electrons. The van der Waals surface area contributed by atoms with Crippen molar-refractivity contribution < 1.29 is 32.3 Å². The van der Waals surface area contributed by atoms with Crippen molar-refractivity contribution >= 4 is 17.7 Å². The molecule has 10 heteroatoms. The van der Waals surface area contributed by atoms with Crippen LogP contribution in [0.5, 0.6) is 0 Å². The minimum absolute atomic E-state index is 0.0461. The van der Waals surface area contributed by atoms with E-state index in [4.69, 9.17) is 4.74 Å². The second kappa shape index (κ2) is 11.4. The van der Waals surface area contributed by atoms with Crippen LogP contribution in [0, 0.1) is 12.8 Å². The van der Waals surface area contributed by atoms with Crippen LogP contribution in [0.1, 0.15) is 60.2 Å². The fourth-order valence-corrected chi connectivity index (χ4v) is 5.23. The van der Waals surface area contributed by atoms with Crippen molar-refractivity contribution in [2.45, 2.75) is 64.5 Å². The van der Waals surface area contributed by atoms with Crippen LogP contribution in [-0.2, 0) is 27.0 Å². The lowest BCUT2D eigenvalue weighted by Gasteiger charge is -2.44. The van der Waals surface area contributed by atoms with Crippen LogP contribution in [-0.4, -0.2) is 59.0 Å². The predicted molar refractivity (Wildman–Crippen MR) is 138 cm³/mol. The first-order chi connectivity index (χ1) is 18.4. The molecule has 3 amide bonds. The van der Waals surface area contributed by atoms with Gasteiger partial charge in [-0.2, -0.15) is 13.2 Å². The summed E-state index contributed by atoms with van der Waals surface area (Å²) in [6.45, 7) is 6.43. The Bertz CT molecular complexity index is 1220. The topological polar surface area (TPSA) is 79.0 Å². The summed E-state index contributed by atoms with van der Waals surface area (Å²) in [4.78, 5) is 43.1. The second-order valence-electron chi connectivity index (χ2n) is 10.7. The van der Waals surface area contributed by atoms with Gasteiger partial charge in [0.05, 0.1) is 12.2 Å². The Morgan fingerprint density at radius 2 is 1.77 bits per heavy atom. The molecule has 0 saturated carbocycles. The number of carbonyl (C=O) groups is 3. The zero-order chi connectivity index (χ0) is 28.4. The van der Waals surface area contributed by atoms with Gasteiger partial charge < -0.3 is 15.0 Å². The first-order valence-corrected chi connectivity index (χ1v) is 13.2. The zero-order valence-corrected chi connectivity index (χ0v) is 22.4. The number of likely N-dealkylation sites (tertiary alicyclic amines) is 1. The van der Waals surface area contributed by atoms with Crippen molar-refractivity contribution in [2.75, 3.05) is 19.7 Å². The molecular weight excluding hydrogens is 511 g/mol. The molecule has 1 spiro atoms. The van der Waals surface area contributed by atoms with E-state index in [1.54, 1.807) is 23.1 Å². The number of piperidine rings is 1. The molecule has 0 radical (unpaired) electrons. The standard InChI is InChI=1S/C29H34F3N3O4/c1-19(2)14-25(36)34-12-10-28(11-13-34)35(27(38)22-8-4-6-20(3)15-22)24(18-39-28)26(37)33-17-21-7-5-9-23(16-21)29(30,31)32/h4-9,15-16,19,24H,10-14,17-18H2,1-3H3,(H,33,37)/t24-/m1/s1. The minimum atomic E-state index is -4.49. The average Bonchev–Trinajstić information content (AvgIpc) is 3.25. The number of alkyl halides is 3. The maximum atomic E-state index is 13.8. The Hall–Kier alpha value is -3.40. The number of hydrogen-bond acceptors (Lipinski definition) is 4. The molecule has 2 fully saturated rings. The molecule has 39 heavy (non-hydrogen) atoms. The first-order valence-electron chi connectivity index (χ1n) is 13.2. The van der Waals surface area contributed by atoms with E-state index in [-0.39, 0.29) is 30.9 Å². The van der Waals surface area contributed by atoms with Gasteiger partial charge in [-0.05, 0) is 42.7 Å². The Morgan fingerprint density at radius 3 is 2.41 bits per heavy atom. The van der Waals surface area contributed by atoms with Crippen LogP contribution in [0.2, 0.25) is 0 Å². The molecule has 2 aromatic rings. The maximum absolute atomic E-state index is 13.8. The van der Waals surface area contributed by atoms with Gasteiger partial charge in [-0.3, -0.25) is 19.3 Å². The third kappa shape index (κ3) is 6.43. The van der Waals surface area contributed by atoms with E-state index in [9.17, 15) is 27.6 Å². The highest BCUT2D eigenvalue weighted by atomic mass is 19.4. The summed E-state index contributed by atoms with van der Waals surface area (Å²) in [5.41, 5.74) is -0.274. The van der Waals surface area contributed by atoms with Crippen molar-refractivity contribution in [3.8, 4) is 0 Å².